The average Bonchev–Trinajstić information content (AvgIpc) is 2.79. The molecule has 1 aromatic carbocycles. The van der Waals surface area contributed by atoms with Crippen LogP contribution in [-0.2, 0) is 17.7 Å². The van der Waals surface area contributed by atoms with E-state index < -0.39 is 5.97 Å². The number of benzene rings is 1. The summed E-state index contributed by atoms with van der Waals surface area (Å²) in [6.07, 6.45) is 5.23. The van der Waals surface area contributed by atoms with Crippen molar-refractivity contribution >= 4 is 16.9 Å². The van der Waals surface area contributed by atoms with Crippen molar-refractivity contribution in [2.24, 2.45) is 0 Å². The summed E-state index contributed by atoms with van der Waals surface area (Å²) in [5.74, 6) is -1.06. The number of pyridine rings is 3. The molecule has 0 aliphatic carbocycles. The van der Waals surface area contributed by atoms with Crippen molar-refractivity contribution in [3.05, 3.63) is 88.7 Å². The predicted molar refractivity (Wildman–Crippen MR) is 112 cm³/mol. The molecule has 0 aliphatic heterocycles. The second-order valence-corrected chi connectivity index (χ2v) is 6.73. The Bertz CT molecular complexity index is 1270. The fraction of sp³-hybridized carbons (Fsp3) is 0.130. The Labute approximate surface area is 172 Å². The van der Waals surface area contributed by atoms with Gasteiger partial charge in [0, 0.05) is 29.9 Å². The largest absolute Gasteiger partial charge is 0.505 e. The van der Waals surface area contributed by atoms with Gasteiger partial charge in [0.05, 0.1) is 18.8 Å². The van der Waals surface area contributed by atoms with Gasteiger partial charge in [-0.3, -0.25) is 9.78 Å². The van der Waals surface area contributed by atoms with Gasteiger partial charge >= 0.3 is 5.97 Å². The maximum absolute atomic E-state index is 13.3. The molecule has 0 bridgehead atoms. The van der Waals surface area contributed by atoms with Crippen LogP contribution in [0.4, 0.5) is 0 Å². The molecule has 0 radical (unpaired) electrons. The summed E-state index contributed by atoms with van der Waals surface area (Å²) in [6.45, 7) is 0.386. The van der Waals surface area contributed by atoms with Crippen molar-refractivity contribution < 1.29 is 14.6 Å². The highest BCUT2D eigenvalue weighted by atomic mass is 16.5. The van der Waals surface area contributed by atoms with Crippen LogP contribution in [0, 0.1) is 0 Å². The predicted octanol–water partition coefficient (Wildman–Crippen LogP) is 3.19. The molecular weight excluding hydrogens is 382 g/mol. The summed E-state index contributed by atoms with van der Waals surface area (Å²) < 4.78 is 6.28. The lowest BCUT2D eigenvalue weighted by molar-refractivity contribution is 0.0591. The summed E-state index contributed by atoms with van der Waals surface area (Å²) in [6, 6.07) is 14.8. The minimum Gasteiger partial charge on any atom is -0.505 e. The maximum Gasteiger partial charge on any atom is 0.360 e. The molecule has 4 rings (SSSR count). The first-order valence-electron chi connectivity index (χ1n) is 9.38. The molecule has 0 spiro atoms. The number of hydrogen-bond donors (Lipinski definition) is 1. The van der Waals surface area contributed by atoms with E-state index in [0.717, 1.165) is 5.56 Å². The molecule has 1 N–H and O–H groups in total. The van der Waals surface area contributed by atoms with Crippen molar-refractivity contribution in [3.63, 3.8) is 0 Å². The number of aromatic nitrogens is 3. The second-order valence-electron chi connectivity index (χ2n) is 6.73. The molecule has 0 amide bonds. The topological polar surface area (TPSA) is 94.3 Å². The van der Waals surface area contributed by atoms with Crippen LogP contribution in [0.5, 0.6) is 5.75 Å². The van der Waals surface area contributed by atoms with Gasteiger partial charge in [-0.1, -0.05) is 30.3 Å². The van der Waals surface area contributed by atoms with E-state index in [9.17, 15) is 14.7 Å². The molecule has 0 unspecified atom stereocenters. The lowest BCUT2D eigenvalue weighted by atomic mass is 10.0. The highest BCUT2D eigenvalue weighted by molar-refractivity contribution is 5.99. The number of nitrogens with zero attached hydrogens (tertiary/aromatic N) is 3. The van der Waals surface area contributed by atoms with Crippen LogP contribution in [0.1, 0.15) is 16.1 Å². The lowest BCUT2D eigenvalue weighted by Gasteiger charge is -2.15. The Morgan fingerprint density at radius 1 is 1.13 bits per heavy atom. The zero-order valence-corrected chi connectivity index (χ0v) is 16.3. The minimum atomic E-state index is -0.748. The molecule has 4 aromatic rings. The number of esters is 1. The molecule has 7 heteroatoms. The monoisotopic (exact) mass is 401 g/mol. The molecule has 150 valence electrons. The van der Waals surface area contributed by atoms with Crippen LogP contribution in [0.25, 0.3) is 22.0 Å². The van der Waals surface area contributed by atoms with Gasteiger partial charge in [0.2, 0.25) is 0 Å². The van der Waals surface area contributed by atoms with Crippen molar-refractivity contribution in [2.75, 3.05) is 7.11 Å². The van der Waals surface area contributed by atoms with Gasteiger partial charge in [0.25, 0.3) is 5.56 Å². The fourth-order valence-electron chi connectivity index (χ4n) is 3.42. The second kappa shape index (κ2) is 8.16. The van der Waals surface area contributed by atoms with E-state index in [1.165, 1.54) is 13.3 Å². The molecule has 0 saturated carbocycles. The van der Waals surface area contributed by atoms with Gasteiger partial charge < -0.3 is 14.4 Å². The van der Waals surface area contributed by atoms with Crippen LogP contribution < -0.4 is 5.56 Å². The van der Waals surface area contributed by atoms with Gasteiger partial charge in [0.15, 0.2) is 11.4 Å². The Kier molecular flexibility index (Phi) is 5.26. The Hall–Kier alpha value is -4.00. The standard InChI is InChI=1S/C23H19N3O4/c1-30-23(29)20-21(27)18-13-17(16-7-10-24-11-8-16)22(28)26(19(18)14-25-20)12-9-15-5-3-2-4-6-15/h2-8,10-11,13-14,27H,9,12H2,1H3. The number of aryl methyl sites for hydroxylation is 2. The third-order valence-corrected chi connectivity index (χ3v) is 4.96. The Balaban J connectivity index is 1.93. The Morgan fingerprint density at radius 2 is 1.87 bits per heavy atom. The van der Waals surface area contributed by atoms with E-state index in [2.05, 4.69) is 9.97 Å². The number of ether oxygens (including phenoxy) is 1. The van der Waals surface area contributed by atoms with Crippen molar-refractivity contribution in [3.8, 4) is 16.9 Å². The van der Waals surface area contributed by atoms with Gasteiger partial charge in [-0.15, -0.1) is 0 Å². The number of aromatic hydroxyl groups is 1. The normalized spacial score (nSPS) is 10.8. The summed E-state index contributed by atoms with van der Waals surface area (Å²) >= 11 is 0. The van der Waals surface area contributed by atoms with Crippen molar-refractivity contribution in [2.45, 2.75) is 13.0 Å². The summed E-state index contributed by atoms with van der Waals surface area (Å²) in [5.41, 5.74) is 2.18. The fourth-order valence-corrected chi connectivity index (χ4v) is 3.42. The lowest BCUT2D eigenvalue weighted by Crippen LogP contribution is -2.23. The van der Waals surface area contributed by atoms with Gasteiger partial charge in [-0.25, -0.2) is 9.78 Å². The molecule has 7 nitrogen and oxygen atoms in total. The zero-order valence-electron chi connectivity index (χ0n) is 16.3. The number of hydrogen-bond acceptors (Lipinski definition) is 6. The quantitative estimate of drug-likeness (QED) is 0.516. The molecule has 0 aliphatic rings. The molecule has 0 atom stereocenters. The number of rotatable bonds is 5. The van der Waals surface area contributed by atoms with Crippen LogP contribution in [0.2, 0.25) is 0 Å². The number of carbonyl (C=O) groups is 1. The molecule has 3 aromatic heterocycles. The van der Waals surface area contributed by atoms with Crippen molar-refractivity contribution in [1.82, 2.24) is 14.5 Å². The van der Waals surface area contributed by atoms with Crippen molar-refractivity contribution in [1.29, 1.82) is 0 Å². The minimum absolute atomic E-state index is 0.195. The summed E-state index contributed by atoms with van der Waals surface area (Å²) in [5, 5.41) is 11.1. The van der Waals surface area contributed by atoms with E-state index >= 15 is 0 Å². The van der Waals surface area contributed by atoms with Gasteiger partial charge in [0.1, 0.15) is 0 Å². The maximum atomic E-state index is 13.3. The Morgan fingerprint density at radius 3 is 2.57 bits per heavy atom. The van der Waals surface area contributed by atoms with E-state index in [4.69, 9.17) is 4.74 Å². The highest BCUT2D eigenvalue weighted by Gasteiger charge is 2.20. The molecule has 3 heterocycles. The first-order chi connectivity index (χ1) is 14.6. The number of carbonyl (C=O) groups excluding carboxylic acids is 1. The van der Waals surface area contributed by atoms with E-state index in [0.29, 0.717) is 35.0 Å². The smallest absolute Gasteiger partial charge is 0.360 e. The SMILES string of the molecule is COC(=O)c1ncc2c(cc(-c3ccncc3)c(=O)n2CCc2ccccc2)c1O. The number of methoxy groups -OCH3 is 1. The zero-order chi connectivity index (χ0) is 21.1. The molecule has 0 fully saturated rings. The van der Waals surface area contributed by atoms with E-state index in [-0.39, 0.29) is 17.0 Å². The summed E-state index contributed by atoms with van der Waals surface area (Å²) in [4.78, 5) is 33.3. The van der Waals surface area contributed by atoms with Gasteiger partial charge in [-0.05, 0) is 35.7 Å². The summed E-state index contributed by atoms with van der Waals surface area (Å²) in [7, 11) is 1.22. The van der Waals surface area contributed by atoms with E-state index in [1.54, 1.807) is 35.2 Å². The van der Waals surface area contributed by atoms with Crippen LogP contribution >= 0.6 is 0 Å². The number of fused-ring (bicyclic) bond motifs is 1. The first-order valence-corrected chi connectivity index (χ1v) is 9.38. The highest BCUT2D eigenvalue weighted by Crippen LogP contribution is 2.30. The van der Waals surface area contributed by atoms with Gasteiger partial charge in [-0.2, -0.15) is 0 Å². The van der Waals surface area contributed by atoms with Crippen LogP contribution in [-0.4, -0.2) is 32.7 Å². The molecular formula is C23H19N3O4. The average molecular weight is 401 g/mol. The first kappa shape index (κ1) is 19.3. The third-order valence-electron chi connectivity index (χ3n) is 4.96. The van der Waals surface area contributed by atoms with Crippen LogP contribution in [0.15, 0.2) is 71.9 Å². The van der Waals surface area contributed by atoms with Crippen LogP contribution in [0.3, 0.4) is 0 Å². The third kappa shape index (κ3) is 3.53. The van der Waals surface area contributed by atoms with E-state index in [1.807, 2.05) is 30.3 Å². The molecule has 0 saturated heterocycles. The molecule has 30 heavy (non-hydrogen) atoms.